The average Bonchev–Trinajstić information content (AvgIpc) is 2.24. The Morgan fingerprint density at radius 2 is 1.94 bits per heavy atom. The molecular weight excluding hydrogens is 269 g/mol. The first-order chi connectivity index (χ1) is 8.16. The Kier molecular flexibility index (Phi) is 4.23. The Labute approximate surface area is 103 Å². The zero-order valence-corrected chi connectivity index (χ0v) is 10.4. The first kappa shape index (κ1) is 14.8. The van der Waals surface area contributed by atoms with Crippen LogP contribution in [0.3, 0.4) is 0 Å². The lowest BCUT2D eigenvalue weighted by Crippen LogP contribution is -2.38. The summed E-state index contributed by atoms with van der Waals surface area (Å²) in [5.41, 5.74) is 5.60. The van der Waals surface area contributed by atoms with E-state index in [4.69, 9.17) is 5.73 Å². The number of nitrogen functional groups attached to an aromatic ring is 1. The molecule has 1 aromatic carbocycles. The number of nitrogens with two attached hydrogens (primary N) is 1. The summed E-state index contributed by atoms with van der Waals surface area (Å²) in [5.74, 6) is 0. The van der Waals surface area contributed by atoms with Crippen molar-refractivity contribution in [3.63, 3.8) is 0 Å². The Bertz CT molecular complexity index is 514. The summed E-state index contributed by atoms with van der Waals surface area (Å²) in [4.78, 5) is -0.242. The normalized spacial score (nSPS) is 12.9. The molecule has 0 aliphatic heterocycles. The van der Waals surface area contributed by atoms with Crippen molar-refractivity contribution in [2.45, 2.75) is 18.0 Å². The largest absolute Gasteiger partial charge is 0.402 e. The smallest absolute Gasteiger partial charge is 0.399 e. The Morgan fingerprint density at radius 1 is 1.33 bits per heavy atom. The van der Waals surface area contributed by atoms with E-state index in [1.54, 1.807) is 0 Å². The van der Waals surface area contributed by atoms with Crippen LogP contribution < -0.4 is 5.73 Å². The first-order valence-electron chi connectivity index (χ1n) is 5.09. The lowest BCUT2D eigenvalue weighted by Gasteiger charge is -2.21. The van der Waals surface area contributed by atoms with Crippen LogP contribution in [0, 0.1) is 0 Å². The van der Waals surface area contributed by atoms with E-state index in [1.165, 1.54) is 25.1 Å². The van der Waals surface area contributed by atoms with Crippen molar-refractivity contribution >= 4 is 15.7 Å². The lowest BCUT2D eigenvalue weighted by atomic mass is 10.3. The molecule has 1 rings (SSSR count). The molecule has 8 heteroatoms. The molecule has 4 nitrogen and oxygen atoms in total. The molecule has 0 atom stereocenters. The molecule has 0 aromatic heterocycles. The third-order valence-electron chi connectivity index (χ3n) is 2.20. The van der Waals surface area contributed by atoms with Gasteiger partial charge in [0, 0.05) is 12.2 Å². The van der Waals surface area contributed by atoms with Gasteiger partial charge in [-0.3, -0.25) is 0 Å². The zero-order chi connectivity index (χ0) is 14.0. The zero-order valence-electron chi connectivity index (χ0n) is 9.61. The van der Waals surface area contributed by atoms with Crippen LogP contribution in [0.15, 0.2) is 29.2 Å². The van der Waals surface area contributed by atoms with Crippen LogP contribution in [0.4, 0.5) is 18.9 Å². The van der Waals surface area contributed by atoms with Gasteiger partial charge < -0.3 is 5.73 Å². The van der Waals surface area contributed by atoms with Crippen LogP contribution in [0.2, 0.25) is 0 Å². The fourth-order valence-electron chi connectivity index (χ4n) is 1.39. The maximum atomic E-state index is 12.3. The molecule has 0 heterocycles. The van der Waals surface area contributed by atoms with Crippen LogP contribution in [0.25, 0.3) is 0 Å². The summed E-state index contributed by atoms with van der Waals surface area (Å²) in [6.07, 6.45) is -4.58. The van der Waals surface area contributed by atoms with Gasteiger partial charge in [0.2, 0.25) is 10.0 Å². The van der Waals surface area contributed by atoms with Crippen molar-refractivity contribution in [1.82, 2.24) is 4.31 Å². The standard InChI is InChI=1S/C10H13F3N2O2S/c1-2-15(7-10(11,12)13)18(16,17)9-5-3-4-8(14)6-9/h3-6H,2,7,14H2,1H3. The molecule has 0 radical (unpaired) electrons. The topological polar surface area (TPSA) is 63.4 Å². The van der Waals surface area contributed by atoms with Gasteiger partial charge in [-0.25, -0.2) is 8.42 Å². The minimum absolute atomic E-state index is 0.180. The molecule has 0 saturated carbocycles. The predicted molar refractivity (Wildman–Crippen MR) is 61.3 cm³/mol. The molecule has 0 aliphatic carbocycles. The van der Waals surface area contributed by atoms with E-state index < -0.39 is 22.7 Å². The van der Waals surface area contributed by atoms with Crippen molar-refractivity contribution < 1.29 is 21.6 Å². The highest BCUT2D eigenvalue weighted by atomic mass is 32.2. The molecule has 0 bridgehead atoms. The van der Waals surface area contributed by atoms with E-state index in [-0.39, 0.29) is 17.1 Å². The summed E-state index contributed by atoms with van der Waals surface area (Å²) < 4.78 is 61.2. The van der Waals surface area contributed by atoms with Gasteiger partial charge in [-0.15, -0.1) is 0 Å². The third-order valence-corrected chi connectivity index (χ3v) is 4.12. The van der Waals surface area contributed by atoms with E-state index in [9.17, 15) is 21.6 Å². The summed E-state index contributed by atoms with van der Waals surface area (Å²) in [7, 11) is -4.17. The van der Waals surface area contributed by atoms with Gasteiger partial charge in [-0.1, -0.05) is 13.0 Å². The van der Waals surface area contributed by atoms with Crippen molar-refractivity contribution in [1.29, 1.82) is 0 Å². The summed E-state index contributed by atoms with van der Waals surface area (Å²) in [5, 5.41) is 0. The number of anilines is 1. The maximum Gasteiger partial charge on any atom is 0.402 e. The third kappa shape index (κ3) is 3.61. The van der Waals surface area contributed by atoms with E-state index in [2.05, 4.69) is 0 Å². The molecule has 102 valence electrons. The van der Waals surface area contributed by atoms with Crippen molar-refractivity contribution in [3.05, 3.63) is 24.3 Å². The fraction of sp³-hybridized carbons (Fsp3) is 0.400. The monoisotopic (exact) mass is 282 g/mol. The number of alkyl halides is 3. The Balaban J connectivity index is 3.11. The molecule has 0 fully saturated rings. The second-order valence-corrected chi connectivity index (χ2v) is 5.56. The first-order valence-corrected chi connectivity index (χ1v) is 6.53. The number of rotatable bonds is 4. The van der Waals surface area contributed by atoms with Gasteiger partial charge in [-0.05, 0) is 18.2 Å². The lowest BCUT2D eigenvalue weighted by molar-refractivity contribution is -0.135. The molecule has 18 heavy (non-hydrogen) atoms. The highest BCUT2D eigenvalue weighted by Crippen LogP contribution is 2.23. The molecular formula is C10H13F3N2O2S. The van der Waals surface area contributed by atoms with Gasteiger partial charge in [0.05, 0.1) is 4.90 Å². The second-order valence-electron chi connectivity index (χ2n) is 3.62. The Hall–Kier alpha value is -1.28. The van der Waals surface area contributed by atoms with E-state index in [1.807, 2.05) is 0 Å². The number of halogens is 3. The van der Waals surface area contributed by atoms with Crippen LogP contribution >= 0.6 is 0 Å². The van der Waals surface area contributed by atoms with Crippen LogP contribution in [-0.2, 0) is 10.0 Å². The van der Waals surface area contributed by atoms with Crippen molar-refractivity contribution in [2.24, 2.45) is 0 Å². The highest BCUT2D eigenvalue weighted by molar-refractivity contribution is 7.89. The molecule has 0 saturated heterocycles. The summed E-state index contributed by atoms with van der Waals surface area (Å²) >= 11 is 0. The highest BCUT2D eigenvalue weighted by Gasteiger charge is 2.36. The van der Waals surface area contributed by atoms with E-state index in [0.717, 1.165) is 6.07 Å². The molecule has 2 N–H and O–H groups in total. The average molecular weight is 282 g/mol. The van der Waals surface area contributed by atoms with Crippen LogP contribution in [0.1, 0.15) is 6.92 Å². The van der Waals surface area contributed by atoms with Crippen molar-refractivity contribution in [3.8, 4) is 0 Å². The number of sulfonamides is 1. The van der Waals surface area contributed by atoms with Gasteiger partial charge in [0.1, 0.15) is 6.54 Å². The van der Waals surface area contributed by atoms with Gasteiger partial charge in [-0.2, -0.15) is 17.5 Å². The molecule has 0 amide bonds. The van der Waals surface area contributed by atoms with Crippen molar-refractivity contribution in [2.75, 3.05) is 18.8 Å². The number of nitrogens with zero attached hydrogens (tertiary/aromatic N) is 1. The molecule has 1 aromatic rings. The van der Waals surface area contributed by atoms with Gasteiger partial charge >= 0.3 is 6.18 Å². The van der Waals surface area contributed by atoms with E-state index in [0.29, 0.717) is 4.31 Å². The molecule has 0 unspecified atom stereocenters. The minimum Gasteiger partial charge on any atom is -0.399 e. The number of hydrogen-bond acceptors (Lipinski definition) is 3. The quantitative estimate of drug-likeness (QED) is 0.857. The SMILES string of the molecule is CCN(CC(F)(F)F)S(=O)(=O)c1cccc(N)c1. The minimum atomic E-state index is -4.58. The number of benzene rings is 1. The van der Waals surface area contributed by atoms with Gasteiger partial charge in [0.15, 0.2) is 0 Å². The van der Waals surface area contributed by atoms with Crippen LogP contribution in [0.5, 0.6) is 0 Å². The predicted octanol–water partition coefficient (Wildman–Crippen LogP) is 1.84. The summed E-state index contributed by atoms with van der Waals surface area (Å²) in [6.45, 7) is -0.438. The Morgan fingerprint density at radius 3 is 2.39 bits per heavy atom. The fourth-order valence-corrected chi connectivity index (χ4v) is 2.88. The number of hydrogen-bond donors (Lipinski definition) is 1. The summed E-state index contributed by atoms with van der Waals surface area (Å²) in [6, 6.07) is 5.18. The van der Waals surface area contributed by atoms with Crippen LogP contribution in [-0.4, -0.2) is 32.0 Å². The second kappa shape index (κ2) is 5.15. The van der Waals surface area contributed by atoms with E-state index >= 15 is 0 Å². The molecule has 0 spiro atoms. The van der Waals surface area contributed by atoms with Gasteiger partial charge in [0.25, 0.3) is 0 Å². The maximum absolute atomic E-state index is 12.3. The molecule has 0 aliphatic rings.